The van der Waals surface area contributed by atoms with Crippen molar-refractivity contribution in [1.82, 2.24) is 9.88 Å². The highest BCUT2D eigenvalue weighted by Gasteiger charge is 2.21. The molecule has 0 spiro atoms. The number of aromatic nitrogens is 1. The number of carbonyl (C=O) groups excluding carboxylic acids is 1. The summed E-state index contributed by atoms with van der Waals surface area (Å²) in [6.07, 6.45) is 0. The van der Waals surface area contributed by atoms with Crippen molar-refractivity contribution < 1.29 is 18.7 Å². The molecule has 0 aliphatic heterocycles. The summed E-state index contributed by atoms with van der Waals surface area (Å²) in [6.45, 7) is 7.04. The maximum absolute atomic E-state index is 13.6. The van der Waals surface area contributed by atoms with Gasteiger partial charge in [-0.05, 0) is 55.6 Å². The summed E-state index contributed by atoms with van der Waals surface area (Å²) in [5.74, 6) is 0.787. The molecule has 1 heterocycles. The molecule has 30 heavy (non-hydrogen) atoms. The van der Waals surface area contributed by atoms with Gasteiger partial charge in [-0.25, -0.2) is 9.37 Å². The Morgan fingerprint density at radius 2 is 1.77 bits per heavy atom. The standard InChI is InChI=1S/C22H26FN3O3S/c1-4-25(5-2)12-13-26(22-24-19-11-6-16(23)14-20(19)30-22)21(27)15-29-18-9-7-17(28-3)8-10-18/h6-11,14H,4-5,12-13,15H2,1-3H3. The average molecular weight is 432 g/mol. The minimum absolute atomic E-state index is 0.116. The van der Waals surface area contributed by atoms with E-state index < -0.39 is 0 Å². The van der Waals surface area contributed by atoms with Crippen LogP contribution in [0.2, 0.25) is 0 Å². The van der Waals surface area contributed by atoms with Gasteiger partial charge in [0.15, 0.2) is 11.7 Å². The van der Waals surface area contributed by atoms with Gasteiger partial charge in [-0.3, -0.25) is 9.69 Å². The van der Waals surface area contributed by atoms with Crippen molar-refractivity contribution in [1.29, 1.82) is 0 Å². The fraction of sp³-hybridized carbons (Fsp3) is 0.364. The summed E-state index contributed by atoms with van der Waals surface area (Å²) in [4.78, 5) is 21.4. The first-order chi connectivity index (χ1) is 14.5. The third-order valence-electron chi connectivity index (χ3n) is 4.83. The van der Waals surface area contributed by atoms with E-state index in [9.17, 15) is 9.18 Å². The molecular weight excluding hydrogens is 405 g/mol. The van der Waals surface area contributed by atoms with Crippen LogP contribution in [-0.2, 0) is 4.79 Å². The lowest BCUT2D eigenvalue weighted by atomic mass is 10.3. The number of hydrogen-bond donors (Lipinski definition) is 0. The van der Waals surface area contributed by atoms with Crippen LogP contribution in [0.1, 0.15) is 13.8 Å². The maximum atomic E-state index is 13.6. The van der Waals surface area contributed by atoms with Gasteiger partial charge in [0.1, 0.15) is 17.3 Å². The van der Waals surface area contributed by atoms with Crippen LogP contribution in [0.3, 0.4) is 0 Å². The van der Waals surface area contributed by atoms with Crippen molar-refractivity contribution in [3.8, 4) is 11.5 Å². The predicted molar refractivity (Wildman–Crippen MR) is 118 cm³/mol. The SMILES string of the molecule is CCN(CC)CCN(C(=O)COc1ccc(OC)cc1)c1nc2ccc(F)cc2s1. The number of fused-ring (bicyclic) bond motifs is 1. The molecule has 0 unspecified atom stereocenters. The fourth-order valence-corrected chi connectivity index (χ4v) is 4.04. The van der Waals surface area contributed by atoms with E-state index in [1.54, 1.807) is 42.3 Å². The molecule has 0 saturated carbocycles. The van der Waals surface area contributed by atoms with Gasteiger partial charge in [0.2, 0.25) is 0 Å². The van der Waals surface area contributed by atoms with E-state index in [1.165, 1.54) is 23.5 Å². The number of ether oxygens (including phenoxy) is 2. The Morgan fingerprint density at radius 1 is 1.07 bits per heavy atom. The Balaban J connectivity index is 1.77. The summed E-state index contributed by atoms with van der Waals surface area (Å²) >= 11 is 1.30. The quantitative estimate of drug-likeness (QED) is 0.482. The van der Waals surface area contributed by atoms with Gasteiger partial charge in [0, 0.05) is 13.1 Å². The Hall–Kier alpha value is -2.71. The van der Waals surface area contributed by atoms with Crippen LogP contribution in [0.4, 0.5) is 9.52 Å². The zero-order valence-corrected chi connectivity index (χ0v) is 18.2. The summed E-state index contributed by atoms with van der Waals surface area (Å²) in [7, 11) is 1.59. The van der Waals surface area contributed by atoms with Gasteiger partial charge >= 0.3 is 0 Å². The molecular formula is C22H26FN3O3S. The highest BCUT2D eigenvalue weighted by atomic mass is 32.1. The van der Waals surface area contributed by atoms with Crippen LogP contribution < -0.4 is 14.4 Å². The normalized spacial score (nSPS) is 11.1. The van der Waals surface area contributed by atoms with Crippen LogP contribution in [-0.4, -0.2) is 55.7 Å². The second-order valence-electron chi connectivity index (χ2n) is 6.64. The Labute approximate surface area is 179 Å². The molecule has 0 aliphatic rings. The Bertz CT molecular complexity index is 973. The van der Waals surface area contributed by atoms with Gasteiger partial charge in [-0.15, -0.1) is 0 Å². The molecule has 0 saturated heterocycles. The number of carbonyl (C=O) groups is 1. The number of rotatable bonds is 10. The predicted octanol–water partition coefficient (Wildman–Crippen LogP) is 4.20. The lowest BCUT2D eigenvalue weighted by molar-refractivity contribution is -0.120. The van der Waals surface area contributed by atoms with Crippen LogP contribution in [0.15, 0.2) is 42.5 Å². The zero-order valence-electron chi connectivity index (χ0n) is 17.4. The van der Waals surface area contributed by atoms with Crippen molar-refractivity contribution in [2.75, 3.05) is 44.8 Å². The molecule has 0 bridgehead atoms. The lowest BCUT2D eigenvalue weighted by Crippen LogP contribution is -2.41. The van der Waals surface area contributed by atoms with E-state index in [4.69, 9.17) is 9.47 Å². The van der Waals surface area contributed by atoms with Gasteiger partial charge in [0.25, 0.3) is 5.91 Å². The molecule has 0 atom stereocenters. The first-order valence-corrected chi connectivity index (χ1v) is 10.7. The first-order valence-electron chi connectivity index (χ1n) is 9.89. The molecule has 1 aromatic heterocycles. The fourth-order valence-electron chi connectivity index (χ4n) is 3.00. The molecule has 0 radical (unpaired) electrons. The van der Waals surface area contributed by atoms with Crippen LogP contribution >= 0.6 is 11.3 Å². The summed E-state index contributed by atoms with van der Waals surface area (Å²) in [6, 6.07) is 11.5. The molecule has 0 fully saturated rings. The van der Waals surface area contributed by atoms with Gasteiger partial charge < -0.3 is 14.4 Å². The Morgan fingerprint density at radius 3 is 2.43 bits per heavy atom. The highest BCUT2D eigenvalue weighted by molar-refractivity contribution is 7.22. The molecule has 8 heteroatoms. The number of anilines is 1. The Kier molecular flexibility index (Phi) is 7.59. The van der Waals surface area contributed by atoms with Crippen LogP contribution in [0.5, 0.6) is 11.5 Å². The topological polar surface area (TPSA) is 54.9 Å². The largest absolute Gasteiger partial charge is 0.497 e. The molecule has 3 rings (SSSR count). The number of benzene rings is 2. The van der Waals surface area contributed by atoms with E-state index in [0.717, 1.165) is 18.8 Å². The minimum atomic E-state index is -0.318. The smallest absolute Gasteiger partial charge is 0.266 e. The second kappa shape index (κ2) is 10.4. The first kappa shape index (κ1) is 22.0. The number of hydrogen-bond acceptors (Lipinski definition) is 6. The third kappa shape index (κ3) is 5.46. The monoisotopic (exact) mass is 431 g/mol. The molecule has 160 valence electrons. The van der Waals surface area contributed by atoms with E-state index in [0.29, 0.717) is 34.2 Å². The summed E-state index contributed by atoms with van der Waals surface area (Å²) in [5, 5.41) is 0.547. The number of thiazole rings is 1. The van der Waals surface area contributed by atoms with Gasteiger partial charge in [-0.2, -0.15) is 0 Å². The van der Waals surface area contributed by atoms with Gasteiger partial charge in [-0.1, -0.05) is 25.2 Å². The zero-order chi connectivity index (χ0) is 21.5. The summed E-state index contributed by atoms with van der Waals surface area (Å²) < 4.78 is 25.1. The minimum Gasteiger partial charge on any atom is -0.497 e. The highest BCUT2D eigenvalue weighted by Crippen LogP contribution is 2.29. The van der Waals surface area contributed by atoms with Crippen LogP contribution in [0, 0.1) is 5.82 Å². The number of likely N-dealkylation sites (N-methyl/N-ethyl adjacent to an activating group) is 1. The van der Waals surface area contributed by atoms with E-state index in [2.05, 4.69) is 23.7 Å². The molecule has 0 aliphatic carbocycles. The van der Waals surface area contributed by atoms with Gasteiger partial charge in [0.05, 0.1) is 17.3 Å². The molecule has 6 nitrogen and oxygen atoms in total. The maximum Gasteiger partial charge on any atom is 0.266 e. The number of methoxy groups -OCH3 is 1. The van der Waals surface area contributed by atoms with Crippen LogP contribution in [0.25, 0.3) is 10.2 Å². The molecule has 0 N–H and O–H groups in total. The third-order valence-corrected chi connectivity index (χ3v) is 5.87. The van der Waals surface area contributed by atoms with E-state index in [1.807, 2.05) is 0 Å². The average Bonchev–Trinajstić information content (AvgIpc) is 3.18. The van der Waals surface area contributed by atoms with Crippen molar-refractivity contribution in [3.63, 3.8) is 0 Å². The van der Waals surface area contributed by atoms with Crippen molar-refractivity contribution >= 4 is 32.6 Å². The molecule has 3 aromatic rings. The van der Waals surface area contributed by atoms with E-state index in [-0.39, 0.29) is 18.3 Å². The van der Waals surface area contributed by atoms with Crippen molar-refractivity contribution in [2.24, 2.45) is 0 Å². The van der Waals surface area contributed by atoms with Crippen molar-refractivity contribution in [3.05, 3.63) is 48.3 Å². The second-order valence-corrected chi connectivity index (χ2v) is 7.65. The molecule has 1 amide bonds. The molecule has 2 aromatic carbocycles. The lowest BCUT2D eigenvalue weighted by Gasteiger charge is -2.24. The summed E-state index contributed by atoms with van der Waals surface area (Å²) in [5.41, 5.74) is 0.674. The number of nitrogens with zero attached hydrogens (tertiary/aromatic N) is 3. The van der Waals surface area contributed by atoms with E-state index >= 15 is 0 Å². The van der Waals surface area contributed by atoms with Crippen molar-refractivity contribution in [2.45, 2.75) is 13.8 Å². The number of halogens is 1. The number of amides is 1.